The third-order valence-electron chi connectivity index (χ3n) is 5.80. The Labute approximate surface area is 235 Å². The first-order chi connectivity index (χ1) is 18.9. The quantitative estimate of drug-likeness (QED) is 0.256. The van der Waals surface area contributed by atoms with Gasteiger partial charge in [-0.25, -0.2) is 14.2 Å². The molecule has 1 atom stereocenters. The Morgan fingerprint density at radius 1 is 1.12 bits per heavy atom. The number of pyridine rings is 1. The fourth-order valence-electron chi connectivity index (χ4n) is 3.92. The van der Waals surface area contributed by atoms with E-state index in [-0.39, 0.29) is 42.0 Å². The van der Waals surface area contributed by atoms with Gasteiger partial charge in [-0.05, 0) is 64.4 Å². The zero-order valence-electron chi connectivity index (χ0n) is 22.2. The van der Waals surface area contributed by atoms with E-state index in [1.165, 1.54) is 24.6 Å². The first kappa shape index (κ1) is 32.0. The molecule has 1 amide bonds. The normalized spacial score (nSPS) is 13.0. The SMILES string of the molecule is CCN(C(=O)Oc1c(-n2ccn(CC(O)CN(C)C)c2=S)cc(C(F)(F)F)cc1C(F)(F)F)c1ccc(F)c(C)n1. The number of ether oxygens (including phenoxy) is 1. The first-order valence-corrected chi connectivity index (χ1v) is 12.4. The molecule has 3 aromatic rings. The van der Waals surface area contributed by atoms with Gasteiger partial charge in [-0.2, -0.15) is 26.3 Å². The summed E-state index contributed by atoms with van der Waals surface area (Å²) in [7, 11) is 3.38. The third kappa shape index (κ3) is 7.42. The van der Waals surface area contributed by atoms with Crippen LogP contribution in [0.5, 0.6) is 5.75 Å². The molecule has 0 spiro atoms. The molecule has 0 bridgehead atoms. The molecule has 1 aromatic carbocycles. The van der Waals surface area contributed by atoms with Gasteiger partial charge in [0.2, 0.25) is 0 Å². The van der Waals surface area contributed by atoms with Crippen LogP contribution in [0.1, 0.15) is 23.7 Å². The minimum absolute atomic E-state index is 0.107. The second kappa shape index (κ2) is 12.2. The number of aliphatic hydroxyl groups is 1. The van der Waals surface area contributed by atoms with Crippen molar-refractivity contribution in [3.8, 4) is 11.4 Å². The number of anilines is 1. The van der Waals surface area contributed by atoms with Crippen molar-refractivity contribution >= 4 is 24.1 Å². The molecular weight excluding hydrogens is 583 g/mol. The van der Waals surface area contributed by atoms with Crippen LogP contribution in [0.3, 0.4) is 0 Å². The number of aryl methyl sites for hydroxylation is 1. The highest BCUT2D eigenvalue weighted by Gasteiger charge is 2.42. The molecule has 224 valence electrons. The number of aromatic nitrogens is 3. The van der Waals surface area contributed by atoms with Gasteiger partial charge in [0.25, 0.3) is 0 Å². The van der Waals surface area contributed by atoms with Gasteiger partial charge in [0.05, 0.1) is 29.6 Å². The first-order valence-electron chi connectivity index (χ1n) is 12.0. The molecule has 2 aromatic heterocycles. The van der Waals surface area contributed by atoms with Gasteiger partial charge >= 0.3 is 18.4 Å². The number of hydrogen-bond acceptors (Lipinski definition) is 6. The molecule has 3 rings (SSSR count). The molecule has 1 unspecified atom stereocenters. The van der Waals surface area contributed by atoms with E-state index in [1.807, 2.05) is 0 Å². The summed E-state index contributed by atoms with van der Waals surface area (Å²) in [6.45, 7) is 2.63. The molecule has 2 heterocycles. The number of rotatable bonds is 8. The molecule has 0 fully saturated rings. The van der Waals surface area contributed by atoms with Crippen LogP contribution in [-0.4, -0.2) is 63.5 Å². The maximum absolute atomic E-state index is 14.2. The summed E-state index contributed by atoms with van der Waals surface area (Å²) in [5.41, 5.74) is -4.46. The predicted octanol–water partition coefficient (Wildman–Crippen LogP) is 5.84. The van der Waals surface area contributed by atoms with Crippen LogP contribution in [0.15, 0.2) is 36.7 Å². The topological polar surface area (TPSA) is 75.8 Å². The summed E-state index contributed by atoms with van der Waals surface area (Å²) in [5.74, 6) is -2.09. The van der Waals surface area contributed by atoms with Crippen LogP contribution in [0.2, 0.25) is 0 Å². The molecule has 0 aliphatic rings. The number of alkyl halides is 6. The number of amides is 1. The van der Waals surface area contributed by atoms with Crippen LogP contribution in [0.25, 0.3) is 5.69 Å². The molecule has 1 N–H and O–H groups in total. The molecule has 0 radical (unpaired) electrons. The van der Waals surface area contributed by atoms with Crippen molar-refractivity contribution in [3.05, 3.63) is 64.1 Å². The third-order valence-corrected chi connectivity index (χ3v) is 6.23. The van der Waals surface area contributed by atoms with Crippen LogP contribution < -0.4 is 9.64 Å². The summed E-state index contributed by atoms with van der Waals surface area (Å²) >= 11 is 5.31. The van der Waals surface area contributed by atoms with Crippen LogP contribution in [0, 0.1) is 17.5 Å². The van der Waals surface area contributed by atoms with Crippen molar-refractivity contribution in [2.75, 3.05) is 32.1 Å². The lowest BCUT2D eigenvalue weighted by molar-refractivity contribution is -0.143. The minimum atomic E-state index is -5.39. The Kier molecular flexibility index (Phi) is 9.50. The summed E-state index contributed by atoms with van der Waals surface area (Å²) in [6, 6.07) is 2.31. The lowest BCUT2D eigenvalue weighted by Gasteiger charge is -2.23. The summed E-state index contributed by atoms with van der Waals surface area (Å²) in [6.07, 6.45) is -10.6. The minimum Gasteiger partial charge on any atom is -0.407 e. The van der Waals surface area contributed by atoms with Gasteiger partial charge < -0.3 is 19.3 Å². The molecule has 0 saturated carbocycles. The largest absolute Gasteiger partial charge is 0.421 e. The highest BCUT2D eigenvalue weighted by Crippen LogP contribution is 2.44. The van der Waals surface area contributed by atoms with E-state index >= 15 is 0 Å². The van der Waals surface area contributed by atoms with Gasteiger partial charge in [-0.3, -0.25) is 9.47 Å². The fourth-order valence-corrected chi connectivity index (χ4v) is 4.22. The summed E-state index contributed by atoms with van der Waals surface area (Å²) in [4.78, 5) is 19.5. The van der Waals surface area contributed by atoms with Gasteiger partial charge in [-0.1, -0.05) is 0 Å². The summed E-state index contributed by atoms with van der Waals surface area (Å²) in [5, 5.41) is 10.3. The second-order valence-electron chi connectivity index (χ2n) is 9.24. The maximum Gasteiger partial charge on any atom is 0.421 e. The monoisotopic (exact) mass is 609 g/mol. The average molecular weight is 610 g/mol. The molecule has 16 heteroatoms. The number of hydrogen-bond donors (Lipinski definition) is 1. The van der Waals surface area contributed by atoms with Crippen molar-refractivity contribution in [3.63, 3.8) is 0 Å². The van der Waals surface area contributed by atoms with Gasteiger partial charge in [-0.15, -0.1) is 0 Å². The van der Waals surface area contributed by atoms with Crippen LogP contribution in [0.4, 0.5) is 41.3 Å². The second-order valence-corrected chi connectivity index (χ2v) is 9.60. The Balaban J connectivity index is 2.20. The van der Waals surface area contributed by atoms with E-state index in [2.05, 4.69) is 4.98 Å². The van der Waals surface area contributed by atoms with E-state index in [0.717, 1.165) is 27.8 Å². The van der Waals surface area contributed by atoms with E-state index in [1.54, 1.807) is 19.0 Å². The van der Waals surface area contributed by atoms with Gasteiger partial charge in [0.1, 0.15) is 17.2 Å². The molecule has 8 nitrogen and oxygen atoms in total. The molecule has 41 heavy (non-hydrogen) atoms. The van der Waals surface area contributed by atoms with Crippen molar-refractivity contribution in [1.29, 1.82) is 0 Å². The maximum atomic E-state index is 14.2. The number of nitrogens with zero attached hydrogens (tertiary/aromatic N) is 5. The Hall–Kier alpha value is -3.50. The molecule has 0 aliphatic carbocycles. The molecule has 0 aliphatic heterocycles. The highest BCUT2D eigenvalue weighted by atomic mass is 32.1. The Bertz CT molecular complexity index is 1470. The van der Waals surface area contributed by atoms with Crippen LogP contribution >= 0.6 is 12.2 Å². The number of likely N-dealkylation sites (N-methyl/N-ethyl adjacent to an activating group) is 1. The van der Waals surface area contributed by atoms with Crippen molar-refractivity contribution < 1.29 is 45.4 Å². The zero-order valence-corrected chi connectivity index (χ0v) is 23.0. The lowest BCUT2D eigenvalue weighted by Crippen LogP contribution is -2.35. The Morgan fingerprint density at radius 3 is 2.32 bits per heavy atom. The lowest BCUT2D eigenvalue weighted by atomic mass is 10.1. The predicted molar refractivity (Wildman–Crippen MR) is 137 cm³/mol. The Morgan fingerprint density at radius 2 is 1.78 bits per heavy atom. The van der Waals surface area contributed by atoms with Crippen molar-refractivity contribution in [2.45, 2.75) is 38.8 Å². The van der Waals surface area contributed by atoms with Gasteiger partial charge in [0, 0.05) is 25.5 Å². The average Bonchev–Trinajstić information content (AvgIpc) is 3.19. The number of imidazole rings is 1. The van der Waals surface area contributed by atoms with Crippen LogP contribution in [-0.2, 0) is 18.9 Å². The number of halogens is 7. The van der Waals surface area contributed by atoms with Crippen molar-refractivity contribution in [2.24, 2.45) is 0 Å². The molecule has 0 saturated heterocycles. The van der Waals surface area contributed by atoms with Crippen molar-refractivity contribution in [1.82, 2.24) is 19.0 Å². The zero-order chi connectivity index (χ0) is 30.9. The fraction of sp³-hybridized carbons (Fsp3) is 0.400. The molecular formula is C25H26F7N5O3S. The highest BCUT2D eigenvalue weighted by molar-refractivity contribution is 7.71. The van der Waals surface area contributed by atoms with E-state index in [9.17, 15) is 40.6 Å². The number of carbonyl (C=O) groups excluding carboxylic acids is 1. The van der Waals surface area contributed by atoms with E-state index in [0.29, 0.717) is 6.07 Å². The number of benzene rings is 1. The van der Waals surface area contributed by atoms with E-state index < -0.39 is 52.9 Å². The van der Waals surface area contributed by atoms with E-state index in [4.69, 9.17) is 17.0 Å². The summed E-state index contributed by atoms with van der Waals surface area (Å²) < 4.78 is 104. The number of aliphatic hydroxyl groups excluding tert-OH is 1. The standard InChI is InChI=1S/C25H26F7N5O3S/c1-5-36(20-7-6-18(26)14(2)33-20)23(39)40-21-17(25(30,31)32)10-15(24(27,28)29)11-19(21)37-9-8-35(22(37)41)13-16(38)12-34(3)4/h6-11,16,38H,5,12-13H2,1-4H3. The van der Waals surface area contributed by atoms with Gasteiger partial charge in [0.15, 0.2) is 10.5 Å². The smallest absolute Gasteiger partial charge is 0.407 e. The number of carbonyl (C=O) groups is 1.